The normalized spacial score (nSPS) is 20.1. The fourth-order valence-corrected chi connectivity index (χ4v) is 4.49. The van der Waals surface area contributed by atoms with E-state index in [1.807, 2.05) is 0 Å². The Morgan fingerprint density at radius 2 is 2.08 bits per heavy atom. The molecule has 0 saturated carbocycles. The van der Waals surface area contributed by atoms with Crippen LogP contribution < -0.4 is 5.32 Å². The minimum atomic E-state index is -4.51. The molecule has 0 spiro atoms. The van der Waals surface area contributed by atoms with Crippen LogP contribution in [-0.4, -0.2) is 49.6 Å². The highest BCUT2D eigenvalue weighted by Gasteiger charge is 2.37. The average molecular weight is 369 g/mol. The third kappa shape index (κ3) is 4.07. The summed E-state index contributed by atoms with van der Waals surface area (Å²) >= 11 is 0. The van der Waals surface area contributed by atoms with Crippen molar-refractivity contribution in [3.8, 4) is 0 Å². The van der Waals surface area contributed by atoms with Crippen molar-refractivity contribution in [3.63, 3.8) is 0 Å². The van der Waals surface area contributed by atoms with E-state index in [1.165, 1.54) is 13.8 Å². The van der Waals surface area contributed by atoms with Crippen LogP contribution in [-0.2, 0) is 14.8 Å². The Morgan fingerprint density at radius 3 is 2.62 bits per heavy atom. The van der Waals surface area contributed by atoms with Crippen molar-refractivity contribution in [3.05, 3.63) is 11.5 Å². The van der Waals surface area contributed by atoms with E-state index >= 15 is 0 Å². The summed E-state index contributed by atoms with van der Waals surface area (Å²) in [6, 6.07) is 0. The topological polar surface area (TPSA) is 92.5 Å². The molecule has 1 aliphatic rings. The van der Waals surface area contributed by atoms with Gasteiger partial charge in [0.1, 0.15) is 17.1 Å². The fourth-order valence-electron chi connectivity index (χ4n) is 2.68. The van der Waals surface area contributed by atoms with Gasteiger partial charge in [-0.2, -0.15) is 17.5 Å². The first-order valence-electron chi connectivity index (χ1n) is 7.30. The predicted molar refractivity (Wildman–Crippen MR) is 76.5 cm³/mol. The first-order chi connectivity index (χ1) is 11.0. The minimum Gasteiger partial charge on any atom is -0.360 e. The summed E-state index contributed by atoms with van der Waals surface area (Å²) in [4.78, 5) is 11.8. The maximum Gasteiger partial charge on any atom is 0.405 e. The number of sulfonamides is 1. The number of aromatic nitrogens is 1. The van der Waals surface area contributed by atoms with E-state index in [9.17, 15) is 26.4 Å². The van der Waals surface area contributed by atoms with E-state index in [4.69, 9.17) is 4.52 Å². The van der Waals surface area contributed by atoms with Crippen LogP contribution in [0.1, 0.15) is 24.3 Å². The lowest BCUT2D eigenvalue weighted by atomic mass is 9.99. The van der Waals surface area contributed by atoms with Crippen molar-refractivity contribution in [2.75, 3.05) is 19.6 Å². The van der Waals surface area contributed by atoms with Gasteiger partial charge in [0, 0.05) is 13.1 Å². The molecule has 1 amide bonds. The Kier molecular flexibility index (Phi) is 5.23. The predicted octanol–water partition coefficient (Wildman–Crippen LogP) is 1.37. The summed E-state index contributed by atoms with van der Waals surface area (Å²) in [6.07, 6.45) is -3.79. The third-order valence-corrected chi connectivity index (χ3v) is 5.89. The molecule has 2 rings (SSSR count). The van der Waals surface area contributed by atoms with Crippen molar-refractivity contribution >= 4 is 15.9 Å². The fraction of sp³-hybridized carbons (Fsp3) is 0.692. The molecule has 2 heterocycles. The van der Waals surface area contributed by atoms with Gasteiger partial charge in [-0.25, -0.2) is 8.42 Å². The van der Waals surface area contributed by atoms with Crippen LogP contribution >= 0.6 is 0 Å². The number of nitrogens with zero attached hydrogens (tertiary/aromatic N) is 2. The highest BCUT2D eigenvalue weighted by molar-refractivity contribution is 7.89. The highest BCUT2D eigenvalue weighted by atomic mass is 32.2. The number of rotatable bonds is 4. The molecular formula is C13H18F3N3O4S. The second kappa shape index (κ2) is 6.71. The number of piperidine rings is 1. The largest absolute Gasteiger partial charge is 0.405 e. The lowest BCUT2D eigenvalue weighted by Gasteiger charge is -2.31. The van der Waals surface area contributed by atoms with Crippen molar-refractivity contribution in [2.24, 2.45) is 5.92 Å². The maximum atomic E-state index is 12.7. The highest BCUT2D eigenvalue weighted by Crippen LogP contribution is 2.27. The summed E-state index contributed by atoms with van der Waals surface area (Å²) in [5, 5.41) is 5.41. The molecule has 0 bridgehead atoms. The molecule has 1 aliphatic heterocycles. The van der Waals surface area contributed by atoms with Gasteiger partial charge in [-0.3, -0.25) is 4.79 Å². The van der Waals surface area contributed by atoms with E-state index in [0.29, 0.717) is 12.8 Å². The number of carbonyl (C=O) groups excluding carboxylic acids is 1. The smallest absolute Gasteiger partial charge is 0.360 e. The van der Waals surface area contributed by atoms with E-state index < -0.39 is 34.6 Å². The first-order valence-corrected chi connectivity index (χ1v) is 8.74. The molecule has 1 aromatic heterocycles. The van der Waals surface area contributed by atoms with Crippen LogP contribution in [0.25, 0.3) is 0 Å². The second-order valence-electron chi connectivity index (χ2n) is 5.69. The lowest BCUT2D eigenvalue weighted by molar-refractivity contribution is -0.141. The van der Waals surface area contributed by atoms with Gasteiger partial charge < -0.3 is 9.84 Å². The molecule has 1 unspecified atom stereocenters. The number of hydrogen-bond donors (Lipinski definition) is 1. The van der Waals surface area contributed by atoms with Gasteiger partial charge in [-0.1, -0.05) is 5.16 Å². The number of nitrogens with one attached hydrogen (secondary N) is 1. The zero-order valence-electron chi connectivity index (χ0n) is 13.2. The second-order valence-corrected chi connectivity index (χ2v) is 7.56. The Hall–Kier alpha value is -1.62. The van der Waals surface area contributed by atoms with Gasteiger partial charge in [0.25, 0.3) is 0 Å². The minimum absolute atomic E-state index is 0.0566. The molecule has 11 heteroatoms. The number of aryl methyl sites for hydroxylation is 2. The number of amides is 1. The molecule has 0 aliphatic carbocycles. The van der Waals surface area contributed by atoms with E-state index in [-0.39, 0.29) is 29.4 Å². The summed E-state index contributed by atoms with van der Waals surface area (Å²) in [5.74, 6) is -1.49. The first kappa shape index (κ1) is 18.7. The quantitative estimate of drug-likeness (QED) is 0.865. The number of hydrogen-bond acceptors (Lipinski definition) is 5. The van der Waals surface area contributed by atoms with Gasteiger partial charge in [0.15, 0.2) is 5.76 Å². The van der Waals surface area contributed by atoms with Gasteiger partial charge in [-0.05, 0) is 26.7 Å². The molecule has 1 saturated heterocycles. The van der Waals surface area contributed by atoms with E-state index in [1.54, 1.807) is 5.32 Å². The van der Waals surface area contributed by atoms with Crippen molar-refractivity contribution < 1.29 is 30.9 Å². The van der Waals surface area contributed by atoms with Crippen LogP contribution in [0.3, 0.4) is 0 Å². The van der Waals surface area contributed by atoms with Crippen LogP contribution in [0.15, 0.2) is 9.42 Å². The molecular weight excluding hydrogens is 351 g/mol. The van der Waals surface area contributed by atoms with Gasteiger partial charge >= 0.3 is 6.18 Å². The van der Waals surface area contributed by atoms with Gasteiger partial charge in [0.2, 0.25) is 15.9 Å². The van der Waals surface area contributed by atoms with Gasteiger partial charge in [-0.15, -0.1) is 0 Å². The van der Waals surface area contributed by atoms with E-state index in [2.05, 4.69) is 5.16 Å². The Morgan fingerprint density at radius 1 is 1.42 bits per heavy atom. The van der Waals surface area contributed by atoms with E-state index in [0.717, 1.165) is 4.31 Å². The summed E-state index contributed by atoms with van der Waals surface area (Å²) in [6.45, 7) is 1.54. The number of carbonyl (C=O) groups is 1. The molecule has 136 valence electrons. The SMILES string of the molecule is Cc1noc(C)c1S(=O)(=O)N1CCCC(C(=O)NCC(F)(F)F)C1. The molecule has 7 nitrogen and oxygen atoms in total. The molecule has 1 N–H and O–H groups in total. The Balaban J connectivity index is 2.12. The van der Waals surface area contributed by atoms with Crippen molar-refractivity contribution in [1.29, 1.82) is 0 Å². The molecule has 0 radical (unpaired) electrons. The zero-order chi connectivity index (χ0) is 18.1. The van der Waals surface area contributed by atoms with Crippen molar-refractivity contribution in [2.45, 2.75) is 37.8 Å². The monoisotopic (exact) mass is 369 g/mol. The Labute approximate surface area is 137 Å². The molecule has 0 aromatic carbocycles. The van der Waals surface area contributed by atoms with Crippen molar-refractivity contribution in [1.82, 2.24) is 14.8 Å². The summed E-state index contributed by atoms with van der Waals surface area (Å²) in [5.41, 5.74) is 0.205. The van der Waals surface area contributed by atoms with Crippen LogP contribution in [0.5, 0.6) is 0 Å². The summed E-state index contributed by atoms with van der Waals surface area (Å²) in [7, 11) is -3.91. The Bertz CT molecular complexity index is 695. The zero-order valence-corrected chi connectivity index (χ0v) is 14.0. The van der Waals surface area contributed by atoms with Crippen LogP contribution in [0.4, 0.5) is 13.2 Å². The van der Waals surface area contributed by atoms with Gasteiger partial charge in [0.05, 0.1) is 5.92 Å². The summed E-state index contributed by atoms with van der Waals surface area (Å²) < 4.78 is 67.9. The molecule has 1 aromatic rings. The lowest BCUT2D eigenvalue weighted by Crippen LogP contribution is -2.47. The molecule has 1 fully saturated rings. The molecule has 24 heavy (non-hydrogen) atoms. The standard InChI is InChI=1S/C13H18F3N3O4S/c1-8-11(9(2)23-18-8)24(21,22)19-5-3-4-10(6-19)12(20)17-7-13(14,15)16/h10H,3-7H2,1-2H3,(H,17,20). The number of halogens is 3. The maximum absolute atomic E-state index is 12.7. The molecule has 1 atom stereocenters. The third-order valence-electron chi connectivity index (χ3n) is 3.78. The van der Waals surface area contributed by atoms with Crippen LogP contribution in [0, 0.1) is 19.8 Å². The van der Waals surface area contributed by atoms with Crippen LogP contribution in [0.2, 0.25) is 0 Å². The number of alkyl halides is 3. The average Bonchev–Trinajstić information content (AvgIpc) is 2.83.